The van der Waals surface area contributed by atoms with Gasteiger partial charge in [0, 0.05) is 13.1 Å². The zero-order valence-corrected chi connectivity index (χ0v) is 26.9. The molecule has 4 atom stereocenters. The number of ether oxygens (including phenoxy) is 4. The first-order chi connectivity index (χ1) is 22.7. The van der Waals surface area contributed by atoms with Crippen molar-refractivity contribution in [2.45, 2.75) is 56.8 Å². The fraction of sp³-hybridized carbons (Fsp3) is 0.270. The van der Waals surface area contributed by atoms with Gasteiger partial charge >= 0.3 is 5.97 Å². The molecule has 0 bridgehead atoms. The molecule has 0 aromatic heterocycles. The van der Waals surface area contributed by atoms with Crippen molar-refractivity contribution in [3.63, 3.8) is 0 Å². The van der Waals surface area contributed by atoms with Crippen LogP contribution in [0.3, 0.4) is 0 Å². The largest absolute Gasteiger partial charge is 0.459 e. The van der Waals surface area contributed by atoms with E-state index in [1.165, 1.54) is 4.31 Å². The van der Waals surface area contributed by atoms with Crippen molar-refractivity contribution >= 4 is 20.9 Å². The van der Waals surface area contributed by atoms with Gasteiger partial charge in [0.05, 0.1) is 11.3 Å². The summed E-state index contributed by atoms with van der Waals surface area (Å²) >= 11 is 0. The van der Waals surface area contributed by atoms with Gasteiger partial charge in [-0.3, -0.25) is 0 Å². The Labute approximate surface area is 274 Å². The summed E-state index contributed by atoms with van der Waals surface area (Å²) in [6.45, 7) is 3.62. The number of hydrogen-bond acceptors (Lipinski definition) is 8. The van der Waals surface area contributed by atoms with Crippen molar-refractivity contribution in [3.05, 3.63) is 149 Å². The lowest BCUT2D eigenvalue weighted by molar-refractivity contribution is -0.218. The Bertz CT molecular complexity index is 1870. The third-order valence-electron chi connectivity index (χ3n) is 8.76. The Balaban J connectivity index is 1.42. The summed E-state index contributed by atoms with van der Waals surface area (Å²) in [7, 11) is -4.23. The number of fused-ring (bicyclic) bond motifs is 2. The maximum Gasteiger partial charge on any atom is 0.338 e. The zero-order chi connectivity index (χ0) is 32.6. The summed E-state index contributed by atoms with van der Waals surface area (Å²) in [6, 6.07) is 36.8. The van der Waals surface area contributed by atoms with Gasteiger partial charge in [-0.25, -0.2) is 13.2 Å². The minimum absolute atomic E-state index is 0.00945. The zero-order valence-electron chi connectivity index (χ0n) is 26.1. The molecule has 0 unspecified atom stereocenters. The first-order valence-corrected chi connectivity index (χ1v) is 17.0. The summed E-state index contributed by atoms with van der Waals surface area (Å²) in [5, 5.41) is 3.54. The first kappa shape index (κ1) is 31.3. The smallest absolute Gasteiger partial charge is 0.338 e. The van der Waals surface area contributed by atoms with Gasteiger partial charge in [0.15, 0.2) is 12.1 Å². The number of rotatable bonds is 9. The highest BCUT2D eigenvalue weighted by Crippen LogP contribution is 2.57. The van der Waals surface area contributed by atoms with Crippen LogP contribution in [0.25, 0.3) is 4.91 Å². The van der Waals surface area contributed by atoms with Gasteiger partial charge < -0.3 is 24.3 Å². The van der Waals surface area contributed by atoms with Gasteiger partial charge in [0.1, 0.15) is 29.3 Å². The Hall–Kier alpha value is -4.32. The number of hydrogen-bond donors (Lipinski definition) is 1. The van der Waals surface area contributed by atoms with Gasteiger partial charge in [-0.15, -0.1) is 0 Å². The van der Waals surface area contributed by atoms with E-state index in [2.05, 4.69) is 5.32 Å². The van der Waals surface area contributed by atoms with E-state index in [1.54, 1.807) is 50.2 Å². The Morgan fingerprint density at radius 3 is 2.02 bits per heavy atom. The van der Waals surface area contributed by atoms with E-state index in [1.807, 2.05) is 84.9 Å². The van der Waals surface area contributed by atoms with Crippen LogP contribution in [-0.4, -0.2) is 55.1 Å². The first-order valence-electron chi connectivity index (χ1n) is 15.6. The number of sulfonamides is 1. The molecule has 3 aliphatic rings. The monoisotopic (exact) mass is 652 g/mol. The summed E-state index contributed by atoms with van der Waals surface area (Å²) in [5.74, 6) is -1.62. The van der Waals surface area contributed by atoms with E-state index in [0.717, 1.165) is 11.1 Å². The van der Waals surface area contributed by atoms with Crippen molar-refractivity contribution in [1.29, 1.82) is 0 Å². The van der Waals surface area contributed by atoms with Crippen LogP contribution in [0, 0.1) is 0 Å². The second-order valence-corrected chi connectivity index (χ2v) is 14.0. The molecular weight excluding hydrogens is 616 g/mol. The summed E-state index contributed by atoms with van der Waals surface area (Å²) in [5.41, 5.74) is 1.50. The van der Waals surface area contributed by atoms with E-state index < -0.39 is 45.8 Å². The summed E-state index contributed by atoms with van der Waals surface area (Å²) in [6.07, 6.45) is -2.85. The van der Waals surface area contributed by atoms with Crippen LogP contribution in [0.2, 0.25) is 0 Å². The molecule has 47 heavy (non-hydrogen) atoms. The molecule has 3 heterocycles. The number of benzene rings is 4. The van der Waals surface area contributed by atoms with Gasteiger partial charge in [-0.1, -0.05) is 109 Å². The molecule has 3 aliphatic heterocycles. The van der Waals surface area contributed by atoms with E-state index in [4.69, 9.17) is 18.9 Å². The van der Waals surface area contributed by atoms with Gasteiger partial charge in [0.2, 0.25) is 10.0 Å². The van der Waals surface area contributed by atoms with Crippen molar-refractivity contribution < 1.29 is 32.2 Å². The predicted octanol–water partition coefficient (Wildman–Crippen LogP) is 5.46. The molecule has 10 heteroatoms. The molecule has 0 amide bonds. The van der Waals surface area contributed by atoms with Crippen LogP contribution in [0.15, 0.2) is 127 Å². The molecule has 0 saturated carbocycles. The molecule has 2 fully saturated rings. The molecule has 4 aromatic rings. The highest BCUT2D eigenvalue weighted by molar-refractivity contribution is 7.98. The predicted molar refractivity (Wildman–Crippen MR) is 176 cm³/mol. The lowest BCUT2D eigenvalue weighted by Crippen LogP contribution is -2.63. The average molecular weight is 653 g/mol. The quantitative estimate of drug-likeness (QED) is 0.238. The van der Waals surface area contributed by atoms with Crippen LogP contribution in [0.4, 0.5) is 0 Å². The van der Waals surface area contributed by atoms with Crippen molar-refractivity contribution in [2.75, 3.05) is 6.61 Å². The SMILES string of the molecule is CC1(C)O[C@H]2O[C@H](COC(=O)c3ccccc3)[C@]3(C(NCc4ccccc4)=C(c4ccccc4)S(=O)(=O)N3Cc3ccccc3)[C@H]2O1. The Kier molecular flexibility index (Phi) is 8.23. The number of nitrogens with zero attached hydrogens (tertiary/aromatic N) is 1. The normalized spacial score (nSPS) is 26.0. The van der Waals surface area contributed by atoms with E-state index in [0.29, 0.717) is 23.4 Å². The molecule has 242 valence electrons. The lowest BCUT2D eigenvalue weighted by Gasteiger charge is -2.42. The summed E-state index contributed by atoms with van der Waals surface area (Å²) in [4.78, 5) is 13.3. The molecule has 2 saturated heterocycles. The van der Waals surface area contributed by atoms with Gasteiger partial charge in [0.25, 0.3) is 0 Å². The fourth-order valence-corrected chi connectivity index (χ4v) is 8.94. The summed E-state index contributed by atoms with van der Waals surface area (Å²) < 4.78 is 57.0. The molecular formula is C37H36N2O7S. The van der Waals surface area contributed by atoms with E-state index >= 15 is 8.42 Å². The Morgan fingerprint density at radius 2 is 1.38 bits per heavy atom. The second kappa shape index (κ2) is 12.4. The molecule has 0 radical (unpaired) electrons. The van der Waals surface area contributed by atoms with E-state index in [9.17, 15) is 4.79 Å². The van der Waals surface area contributed by atoms with Crippen LogP contribution < -0.4 is 5.32 Å². The standard InChI is InChI=1S/C37H36N2O7S/c1-36(2)45-33-35(46-36)44-30(25-43-34(40)29-21-13-6-14-22-29)37(33)32(38-23-26-15-7-3-8-16-26)31(28-19-11-5-12-20-28)47(41,42)39(37)24-27-17-9-4-10-18-27/h3-22,30,33,35,38H,23-25H2,1-2H3/t30-,33+,35-,37+/m1/s1. The molecule has 1 N–H and O–H groups in total. The lowest BCUT2D eigenvalue weighted by atomic mass is 9.83. The van der Waals surface area contributed by atoms with Crippen molar-refractivity contribution in [2.24, 2.45) is 0 Å². The van der Waals surface area contributed by atoms with Gasteiger partial charge in [-0.05, 0) is 42.7 Å². The maximum atomic E-state index is 15.1. The van der Waals surface area contributed by atoms with Crippen LogP contribution in [-0.2, 0) is 42.1 Å². The van der Waals surface area contributed by atoms with Crippen molar-refractivity contribution in [3.8, 4) is 0 Å². The number of nitrogens with one attached hydrogen (secondary N) is 1. The van der Waals surface area contributed by atoms with Crippen LogP contribution in [0.5, 0.6) is 0 Å². The molecule has 4 aromatic carbocycles. The second-order valence-electron chi connectivity index (χ2n) is 12.2. The number of esters is 1. The van der Waals surface area contributed by atoms with Gasteiger partial charge in [-0.2, -0.15) is 4.31 Å². The number of carbonyl (C=O) groups excluding carboxylic acids is 1. The third-order valence-corrected chi connectivity index (χ3v) is 10.7. The minimum Gasteiger partial charge on any atom is -0.459 e. The molecule has 1 spiro atoms. The topological polar surface area (TPSA) is 103 Å². The highest BCUT2D eigenvalue weighted by Gasteiger charge is 2.73. The fourth-order valence-electron chi connectivity index (χ4n) is 6.76. The highest BCUT2D eigenvalue weighted by atomic mass is 32.2. The average Bonchev–Trinajstić information content (AvgIpc) is 3.62. The van der Waals surface area contributed by atoms with Crippen LogP contribution >= 0.6 is 0 Å². The molecule has 7 rings (SSSR count). The third kappa shape index (κ3) is 5.66. The van der Waals surface area contributed by atoms with Crippen LogP contribution in [0.1, 0.15) is 40.9 Å². The Morgan fingerprint density at radius 1 is 0.809 bits per heavy atom. The molecule has 9 nitrogen and oxygen atoms in total. The molecule has 0 aliphatic carbocycles. The van der Waals surface area contributed by atoms with Crippen molar-refractivity contribution in [1.82, 2.24) is 9.62 Å². The maximum absolute atomic E-state index is 15.1. The number of carbonyl (C=O) groups is 1. The minimum atomic E-state index is -4.23. The van der Waals surface area contributed by atoms with E-state index in [-0.39, 0.29) is 18.1 Å².